The van der Waals surface area contributed by atoms with Crippen molar-refractivity contribution in [1.82, 2.24) is 20.4 Å². The maximum atomic E-state index is 12.7. The summed E-state index contributed by atoms with van der Waals surface area (Å²) in [4.78, 5) is 32.0. The van der Waals surface area contributed by atoms with E-state index in [2.05, 4.69) is 17.4 Å². The van der Waals surface area contributed by atoms with Crippen LogP contribution in [0.3, 0.4) is 0 Å². The molecule has 9 nitrogen and oxygen atoms in total. The van der Waals surface area contributed by atoms with Crippen molar-refractivity contribution in [2.24, 2.45) is 0 Å². The zero-order valence-electron chi connectivity index (χ0n) is 17.1. The highest BCUT2D eigenvalue weighted by molar-refractivity contribution is 5.77. The number of urea groups is 1. The van der Waals surface area contributed by atoms with Gasteiger partial charge in [0.25, 0.3) is 0 Å². The molecule has 2 bridgehead atoms. The van der Waals surface area contributed by atoms with Gasteiger partial charge in [0.15, 0.2) is 5.76 Å². The molecule has 2 fully saturated rings. The summed E-state index contributed by atoms with van der Waals surface area (Å²) >= 11 is 0. The summed E-state index contributed by atoms with van der Waals surface area (Å²) in [7, 11) is 0. The van der Waals surface area contributed by atoms with Gasteiger partial charge in [0.2, 0.25) is 0 Å². The number of alkyl carbamates (subject to hydrolysis) is 1. The quantitative estimate of drug-likeness (QED) is 0.712. The van der Waals surface area contributed by atoms with E-state index in [1.165, 1.54) is 5.06 Å². The molecule has 1 N–H and O–H groups in total. The lowest BCUT2D eigenvalue weighted by Gasteiger charge is -2.28. The second kappa shape index (κ2) is 8.38. The van der Waals surface area contributed by atoms with Crippen molar-refractivity contribution in [3.8, 4) is 0 Å². The van der Waals surface area contributed by atoms with Crippen molar-refractivity contribution in [3.05, 3.63) is 17.5 Å². The van der Waals surface area contributed by atoms with Crippen LogP contribution in [0.5, 0.6) is 0 Å². The first-order chi connectivity index (χ1) is 13.3. The fraction of sp³-hybridized carbons (Fsp3) is 0.737. The molecule has 28 heavy (non-hydrogen) atoms. The van der Waals surface area contributed by atoms with E-state index in [1.54, 1.807) is 31.7 Å². The Bertz CT molecular complexity index is 699. The van der Waals surface area contributed by atoms with Gasteiger partial charge in [-0.05, 0) is 40.0 Å². The number of piperidine rings is 1. The van der Waals surface area contributed by atoms with Crippen molar-refractivity contribution in [1.29, 1.82) is 0 Å². The van der Waals surface area contributed by atoms with Crippen LogP contribution in [-0.2, 0) is 16.1 Å². The summed E-state index contributed by atoms with van der Waals surface area (Å²) in [5.41, 5.74) is 0.138. The van der Waals surface area contributed by atoms with Crippen LogP contribution in [0, 0.1) is 0 Å². The van der Waals surface area contributed by atoms with Crippen LogP contribution in [-0.4, -0.2) is 52.0 Å². The topological polar surface area (TPSA) is 97.1 Å². The highest BCUT2D eigenvalue weighted by atomic mass is 16.7. The lowest BCUT2D eigenvalue weighted by molar-refractivity contribution is -0.130. The van der Waals surface area contributed by atoms with Crippen LogP contribution < -0.4 is 5.32 Å². The van der Waals surface area contributed by atoms with E-state index in [9.17, 15) is 9.59 Å². The van der Waals surface area contributed by atoms with Crippen molar-refractivity contribution >= 4 is 12.1 Å². The lowest BCUT2D eigenvalue weighted by Crippen LogP contribution is -2.34. The second-order valence-corrected chi connectivity index (χ2v) is 8.27. The Morgan fingerprint density at radius 1 is 1.39 bits per heavy atom. The zero-order valence-corrected chi connectivity index (χ0v) is 17.1. The van der Waals surface area contributed by atoms with E-state index in [-0.39, 0.29) is 24.7 Å². The molecule has 1 aromatic rings. The first kappa shape index (κ1) is 20.4. The molecular formula is C19H30N4O5. The van der Waals surface area contributed by atoms with E-state index in [4.69, 9.17) is 14.1 Å². The second-order valence-electron chi connectivity index (χ2n) is 8.27. The predicted molar refractivity (Wildman–Crippen MR) is 100 cm³/mol. The third-order valence-electron chi connectivity index (χ3n) is 4.78. The molecule has 0 aliphatic carbocycles. The highest BCUT2D eigenvalue weighted by Gasteiger charge is 2.46. The van der Waals surface area contributed by atoms with Crippen molar-refractivity contribution in [2.75, 3.05) is 13.2 Å². The number of nitrogens with one attached hydrogen (secondary N) is 1. The molecule has 0 aromatic carbocycles. The molecule has 2 atom stereocenters. The van der Waals surface area contributed by atoms with Crippen LogP contribution in [0.25, 0.3) is 0 Å². The smallest absolute Gasteiger partial charge is 0.408 e. The number of carbonyl (C=O) groups excluding carboxylic acids is 2. The third-order valence-corrected chi connectivity index (χ3v) is 4.78. The van der Waals surface area contributed by atoms with Gasteiger partial charge in [0.05, 0.1) is 25.2 Å². The van der Waals surface area contributed by atoms with Gasteiger partial charge in [-0.15, -0.1) is 0 Å². The van der Waals surface area contributed by atoms with Gasteiger partial charge in [-0.2, -0.15) is 5.06 Å². The number of aromatic nitrogens is 1. The summed E-state index contributed by atoms with van der Waals surface area (Å²) < 4.78 is 10.5. The first-order valence-corrected chi connectivity index (χ1v) is 9.93. The van der Waals surface area contributed by atoms with E-state index >= 15 is 0 Å². The van der Waals surface area contributed by atoms with E-state index in [0.29, 0.717) is 24.6 Å². The van der Waals surface area contributed by atoms with Gasteiger partial charge in [-0.25, -0.2) is 9.59 Å². The Kier molecular flexibility index (Phi) is 6.12. The Labute approximate surface area is 165 Å². The maximum Gasteiger partial charge on any atom is 0.408 e. The van der Waals surface area contributed by atoms with Crippen molar-refractivity contribution in [2.45, 2.75) is 77.6 Å². The molecular weight excluding hydrogens is 364 g/mol. The van der Waals surface area contributed by atoms with Crippen LogP contribution in [0.1, 0.15) is 70.9 Å². The van der Waals surface area contributed by atoms with E-state index in [0.717, 1.165) is 25.7 Å². The summed E-state index contributed by atoms with van der Waals surface area (Å²) in [6.07, 6.45) is 3.10. The molecule has 3 heterocycles. The molecule has 0 unspecified atom stereocenters. The minimum absolute atomic E-state index is 0.0980. The van der Waals surface area contributed by atoms with E-state index in [1.807, 2.05) is 0 Å². The number of nitrogens with zero attached hydrogens (tertiary/aromatic N) is 3. The number of amides is 3. The summed E-state index contributed by atoms with van der Waals surface area (Å²) in [5, 5.41) is 8.30. The summed E-state index contributed by atoms with van der Waals surface area (Å²) in [5.74, 6) is 0.519. The van der Waals surface area contributed by atoms with E-state index < -0.39 is 11.7 Å². The standard InChI is InChI=1S/C19H30N4O5/c1-5-6-9-26-23-13-7-8-16(22(12-13)18(23)25)15-10-14(28-21-15)11-20-17(24)27-19(2,3)4/h10,13,16H,5-9,11-12H2,1-4H3,(H,20,24)/t13-,16-/m0/s1. The molecule has 3 rings (SSSR count). The normalized spacial score (nSPS) is 21.9. The van der Waals surface area contributed by atoms with Gasteiger partial charge in [-0.1, -0.05) is 18.5 Å². The number of fused-ring (bicyclic) bond motifs is 2. The molecule has 0 spiro atoms. The number of hydroxylamine groups is 2. The Balaban J connectivity index is 1.57. The lowest BCUT2D eigenvalue weighted by atomic mass is 9.98. The molecule has 9 heteroatoms. The molecule has 0 saturated carbocycles. The van der Waals surface area contributed by atoms with Gasteiger partial charge in [0, 0.05) is 12.6 Å². The maximum absolute atomic E-state index is 12.7. The fourth-order valence-electron chi connectivity index (χ4n) is 3.46. The van der Waals surface area contributed by atoms with Gasteiger partial charge < -0.3 is 19.5 Å². The molecule has 2 aliphatic heterocycles. The van der Waals surface area contributed by atoms with Gasteiger partial charge in [-0.3, -0.25) is 4.84 Å². The molecule has 3 amide bonds. The number of rotatable bonds is 7. The van der Waals surface area contributed by atoms with Crippen LogP contribution in [0.15, 0.2) is 10.6 Å². The molecule has 0 radical (unpaired) electrons. The first-order valence-electron chi connectivity index (χ1n) is 9.93. The van der Waals surface area contributed by atoms with Crippen molar-refractivity contribution < 1.29 is 23.7 Å². The summed E-state index contributed by atoms with van der Waals surface area (Å²) in [6.45, 7) is 8.87. The van der Waals surface area contributed by atoms with Crippen LogP contribution in [0.4, 0.5) is 9.59 Å². The Hall–Kier alpha value is -2.29. The minimum atomic E-state index is -0.559. The number of hydrogen-bond donors (Lipinski definition) is 1. The Morgan fingerprint density at radius 3 is 2.89 bits per heavy atom. The average Bonchev–Trinajstić information content (AvgIpc) is 3.18. The highest BCUT2D eigenvalue weighted by Crippen LogP contribution is 2.38. The Morgan fingerprint density at radius 2 is 2.18 bits per heavy atom. The predicted octanol–water partition coefficient (Wildman–Crippen LogP) is 3.37. The number of hydrogen-bond acceptors (Lipinski definition) is 6. The average molecular weight is 394 g/mol. The van der Waals surface area contributed by atoms with Crippen LogP contribution in [0.2, 0.25) is 0 Å². The third kappa shape index (κ3) is 4.76. The van der Waals surface area contributed by atoms with Crippen LogP contribution >= 0.6 is 0 Å². The molecule has 2 saturated heterocycles. The minimum Gasteiger partial charge on any atom is -0.444 e. The molecule has 2 aliphatic rings. The van der Waals surface area contributed by atoms with Gasteiger partial charge in [0.1, 0.15) is 11.3 Å². The van der Waals surface area contributed by atoms with Gasteiger partial charge >= 0.3 is 12.1 Å². The molecule has 156 valence electrons. The number of ether oxygens (including phenoxy) is 1. The fourth-order valence-corrected chi connectivity index (χ4v) is 3.46. The number of carbonyl (C=O) groups is 2. The summed E-state index contributed by atoms with van der Waals surface area (Å²) in [6, 6.07) is 1.64. The SMILES string of the molecule is CCCCON1C(=O)N2C[C@@H]1CC[C@H]2c1cc(CNC(=O)OC(C)(C)C)on1. The molecule has 1 aromatic heterocycles. The monoisotopic (exact) mass is 394 g/mol. The zero-order chi connectivity index (χ0) is 20.3. The number of unbranched alkanes of at least 4 members (excludes halogenated alkanes) is 1. The van der Waals surface area contributed by atoms with Crippen molar-refractivity contribution in [3.63, 3.8) is 0 Å². The largest absolute Gasteiger partial charge is 0.444 e.